The van der Waals surface area contributed by atoms with Gasteiger partial charge in [0.05, 0.1) is 22.8 Å². The average Bonchev–Trinajstić information content (AvgIpc) is 2.96. The number of piperazine rings is 1. The molecule has 1 atom stereocenters. The molecule has 1 aliphatic rings. The summed E-state index contributed by atoms with van der Waals surface area (Å²) in [5, 5.41) is 10.4. The van der Waals surface area contributed by atoms with E-state index < -0.39 is 44.4 Å². The monoisotopic (exact) mass is 611 g/mol. The number of carbonyl (C=O) groups is 1. The number of rotatable bonds is 6. The Bertz CT molecular complexity index is 1930. The maximum atomic E-state index is 15.8. The second kappa shape index (κ2) is 11.1. The van der Waals surface area contributed by atoms with Gasteiger partial charge in [0.2, 0.25) is 15.9 Å². The number of aromatic nitrogens is 4. The van der Waals surface area contributed by atoms with Crippen LogP contribution in [-0.4, -0.2) is 87.9 Å². The predicted octanol–water partition coefficient (Wildman–Crippen LogP) is 2.30. The van der Waals surface area contributed by atoms with Crippen LogP contribution < -0.4 is 10.6 Å². The van der Waals surface area contributed by atoms with Gasteiger partial charge >= 0.3 is 5.69 Å². The van der Waals surface area contributed by atoms with E-state index in [1.54, 1.807) is 16.7 Å². The fourth-order valence-corrected chi connectivity index (χ4v) is 6.06. The lowest BCUT2D eigenvalue weighted by Gasteiger charge is -2.40. The van der Waals surface area contributed by atoms with E-state index in [4.69, 9.17) is 0 Å². The Morgan fingerprint density at radius 2 is 1.91 bits per heavy atom. The van der Waals surface area contributed by atoms with Gasteiger partial charge < -0.3 is 14.9 Å². The molecule has 4 heterocycles. The van der Waals surface area contributed by atoms with Crippen molar-refractivity contribution in [1.29, 1.82) is 0 Å². The quantitative estimate of drug-likeness (QED) is 0.325. The Morgan fingerprint density at radius 1 is 1.16 bits per heavy atom. The minimum absolute atomic E-state index is 0.00378. The second-order valence-electron chi connectivity index (χ2n) is 10.0. The van der Waals surface area contributed by atoms with Gasteiger partial charge in [-0.15, -0.1) is 0 Å². The number of hydrogen-bond donors (Lipinski definition) is 1. The first-order valence-electron chi connectivity index (χ1n) is 13.0. The molecule has 0 aliphatic carbocycles. The van der Waals surface area contributed by atoms with Crippen molar-refractivity contribution < 1.29 is 27.1 Å². The molecule has 3 aromatic heterocycles. The molecule has 1 N–H and O–H groups in total. The van der Waals surface area contributed by atoms with Crippen LogP contribution in [0, 0.1) is 11.6 Å². The zero-order valence-electron chi connectivity index (χ0n) is 23.4. The molecule has 43 heavy (non-hydrogen) atoms. The van der Waals surface area contributed by atoms with Crippen LogP contribution in [0.3, 0.4) is 0 Å². The van der Waals surface area contributed by atoms with Gasteiger partial charge in [0.25, 0.3) is 0 Å². The topological polar surface area (TPSA) is 142 Å². The molecule has 0 saturated carbocycles. The molecule has 1 fully saturated rings. The summed E-state index contributed by atoms with van der Waals surface area (Å²) in [4.78, 5) is 41.5. The average molecular weight is 612 g/mol. The number of pyridine rings is 2. The molecule has 5 rings (SSSR count). The number of aromatic hydroxyl groups is 1. The number of phenols is 1. The summed E-state index contributed by atoms with van der Waals surface area (Å²) >= 11 is 0. The van der Waals surface area contributed by atoms with Crippen LogP contribution in [0.5, 0.6) is 5.75 Å². The molecule has 0 unspecified atom stereocenters. The molecule has 224 valence electrons. The van der Waals surface area contributed by atoms with E-state index in [-0.39, 0.29) is 59.0 Å². The largest absolute Gasteiger partial charge is 0.507 e. The molecule has 0 bridgehead atoms. The van der Waals surface area contributed by atoms with Gasteiger partial charge in [0, 0.05) is 46.0 Å². The van der Waals surface area contributed by atoms with E-state index in [2.05, 4.69) is 21.5 Å². The molecule has 1 aromatic carbocycles. The summed E-state index contributed by atoms with van der Waals surface area (Å²) in [6, 6.07) is 5.22. The van der Waals surface area contributed by atoms with Crippen LogP contribution in [-0.2, 0) is 14.8 Å². The Morgan fingerprint density at radius 3 is 2.56 bits per heavy atom. The number of sulfonamides is 1. The minimum atomic E-state index is -4.13. The summed E-state index contributed by atoms with van der Waals surface area (Å²) in [5.74, 6) is -2.83. The van der Waals surface area contributed by atoms with Gasteiger partial charge in [-0.3, -0.25) is 9.78 Å². The summed E-state index contributed by atoms with van der Waals surface area (Å²) in [6.45, 7) is 6.03. The van der Waals surface area contributed by atoms with E-state index in [1.165, 1.54) is 38.5 Å². The number of anilines is 1. The molecule has 1 amide bonds. The van der Waals surface area contributed by atoms with Crippen LogP contribution in [0.25, 0.3) is 28.0 Å². The Labute approximate surface area is 245 Å². The van der Waals surface area contributed by atoms with Crippen LogP contribution in [0.4, 0.5) is 14.6 Å². The SMILES string of the molecule is C=CC(=O)N1CCN(c2nc(=O)n(-c3cnccc3S(=O)(=O)N(C)C)c3nc(-c4c(O)cccc4F)c(F)cc23)[C@@H](C)C1. The summed E-state index contributed by atoms with van der Waals surface area (Å²) in [6.07, 6.45) is 3.56. The number of fused-ring (bicyclic) bond motifs is 1. The zero-order valence-corrected chi connectivity index (χ0v) is 24.2. The van der Waals surface area contributed by atoms with Gasteiger partial charge in [-0.1, -0.05) is 12.6 Å². The third-order valence-corrected chi connectivity index (χ3v) is 9.04. The van der Waals surface area contributed by atoms with Crippen molar-refractivity contribution in [3.05, 3.63) is 77.5 Å². The predicted molar refractivity (Wildman–Crippen MR) is 154 cm³/mol. The van der Waals surface area contributed by atoms with Gasteiger partial charge in [0.15, 0.2) is 11.5 Å². The van der Waals surface area contributed by atoms with E-state index in [9.17, 15) is 27.5 Å². The van der Waals surface area contributed by atoms with E-state index in [0.717, 1.165) is 33.3 Å². The highest BCUT2D eigenvalue weighted by atomic mass is 32.2. The van der Waals surface area contributed by atoms with Crippen molar-refractivity contribution in [1.82, 2.24) is 28.7 Å². The van der Waals surface area contributed by atoms with Crippen LogP contribution >= 0.6 is 0 Å². The van der Waals surface area contributed by atoms with Crippen molar-refractivity contribution in [2.45, 2.75) is 17.9 Å². The zero-order chi connectivity index (χ0) is 31.2. The minimum Gasteiger partial charge on any atom is -0.507 e. The fraction of sp³-hybridized carbons (Fsp3) is 0.250. The highest BCUT2D eigenvalue weighted by Crippen LogP contribution is 2.36. The first kappa shape index (κ1) is 29.7. The summed E-state index contributed by atoms with van der Waals surface area (Å²) in [7, 11) is -1.51. The lowest BCUT2D eigenvalue weighted by Crippen LogP contribution is -2.54. The van der Waals surface area contributed by atoms with Gasteiger partial charge in [0.1, 0.15) is 28.0 Å². The number of hydrogen-bond acceptors (Lipinski definition) is 9. The fourth-order valence-electron chi connectivity index (χ4n) is 5.02. The smallest absolute Gasteiger partial charge is 0.355 e. The number of halogens is 2. The number of benzene rings is 1. The lowest BCUT2D eigenvalue weighted by molar-refractivity contribution is -0.126. The molecular weight excluding hydrogens is 584 g/mol. The van der Waals surface area contributed by atoms with Crippen molar-refractivity contribution in [2.24, 2.45) is 0 Å². The molecule has 15 heteroatoms. The second-order valence-corrected chi connectivity index (χ2v) is 12.2. The highest BCUT2D eigenvalue weighted by molar-refractivity contribution is 7.89. The van der Waals surface area contributed by atoms with Gasteiger partial charge in [-0.2, -0.15) is 4.98 Å². The third kappa shape index (κ3) is 5.10. The van der Waals surface area contributed by atoms with Crippen LogP contribution in [0.15, 0.2) is 65.1 Å². The maximum Gasteiger partial charge on any atom is 0.355 e. The van der Waals surface area contributed by atoms with Crippen LogP contribution in [0.2, 0.25) is 0 Å². The number of amides is 1. The lowest BCUT2D eigenvalue weighted by atomic mass is 10.1. The van der Waals surface area contributed by atoms with Gasteiger partial charge in [-0.05, 0) is 37.3 Å². The Hall–Kier alpha value is -4.76. The summed E-state index contributed by atoms with van der Waals surface area (Å²) < 4.78 is 58.9. The summed E-state index contributed by atoms with van der Waals surface area (Å²) in [5.41, 5.74) is -2.60. The van der Waals surface area contributed by atoms with E-state index in [1.807, 2.05) is 0 Å². The molecule has 1 saturated heterocycles. The Kier molecular flexibility index (Phi) is 7.70. The number of phenolic OH excluding ortho intramolecular Hbond substituents is 1. The highest BCUT2D eigenvalue weighted by Gasteiger charge is 2.31. The molecule has 0 radical (unpaired) electrons. The first-order chi connectivity index (χ1) is 20.4. The normalized spacial score (nSPS) is 15.7. The standard InChI is InChI=1S/C28H27F2N7O5S/c1-5-23(39)35-11-12-36(16(2)15-35)26-17-13-19(30)25(24-18(29)7-6-8-21(24)38)32-27(17)37(28(40)33-26)20-14-31-10-9-22(20)43(41,42)34(3)4/h5-10,13-14,16,38H,1,11-12,15H2,2-4H3/t16-/m0/s1. The van der Waals surface area contributed by atoms with Crippen molar-refractivity contribution in [3.8, 4) is 22.7 Å². The number of nitrogens with zero attached hydrogens (tertiary/aromatic N) is 7. The van der Waals surface area contributed by atoms with E-state index in [0.29, 0.717) is 0 Å². The van der Waals surface area contributed by atoms with Crippen LogP contribution in [0.1, 0.15) is 6.92 Å². The number of carbonyl (C=O) groups excluding carboxylic acids is 1. The third-order valence-electron chi connectivity index (χ3n) is 7.18. The molecule has 0 spiro atoms. The molecule has 4 aromatic rings. The molecular formula is C28H27F2N7O5S. The van der Waals surface area contributed by atoms with E-state index >= 15 is 4.39 Å². The molecule has 1 aliphatic heterocycles. The first-order valence-corrected chi connectivity index (χ1v) is 14.5. The molecule has 12 nitrogen and oxygen atoms in total. The Balaban J connectivity index is 1.84. The van der Waals surface area contributed by atoms with Crippen molar-refractivity contribution >= 4 is 32.8 Å². The van der Waals surface area contributed by atoms with Gasteiger partial charge in [-0.25, -0.2) is 35.8 Å². The van der Waals surface area contributed by atoms with Crippen molar-refractivity contribution in [2.75, 3.05) is 38.6 Å². The van der Waals surface area contributed by atoms with Crippen molar-refractivity contribution in [3.63, 3.8) is 0 Å². The maximum absolute atomic E-state index is 15.8.